The molecular weight excluding hydrogens is 168 g/mol. The van der Waals surface area contributed by atoms with Crippen LogP contribution in [0.2, 0.25) is 0 Å². The molecule has 1 rings (SSSR count). The van der Waals surface area contributed by atoms with Crippen LogP contribution < -0.4 is 5.32 Å². The summed E-state index contributed by atoms with van der Waals surface area (Å²) in [5, 5.41) is 3.12. The van der Waals surface area contributed by atoms with Gasteiger partial charge in [0.2, 0.25) is 0 Å². The first-order chi connectivity index (χ1) is 6.33. The van der Waals surface area contributed by atoms with Crippen LogP contribution >= 0.6 is 0 Å². The number of hydrogen-bond donors (Lipinski definition) is 1. The van der Waals surface area contributed by atoms with Crippen molar-refractivity contribution in [3.05, 3.63) is 0 Å². The van der Waals surface area contributed by atoms with Gasteiger partial charge in [0, 0.05) is 19.5 Å². The summed E-state index contributed by atoms with van der Waals surface area (Å²) >= 11 is 0. The lowest BCUT2D eigenvalue weighted by atomic mass is 10.3. The molecule has 0 aromatic heterocycles. The summed E-state index contributed by atoms with van der Waals surface area (Å²) in [6.45, 7) is 3.82. The van der Waals surface area contributed by atoms with E-state index in [2.05, 4.69) is 10.3 Å². The molecule has 13 heavy (non-hydrogen) atoms. The van der Waals surface area contributed by atoms with E-state index in [0.717, 1.165) is 25.2 Å². The number of carbonyl (C=O) groups is 1. The molecule has 0 saturated heterocycles. The van der Waals surface area contributed by atoms with Crippen molar-refractivity contribution in [1.29, 1.82) is 0 Å². The van der Waals surface area contributed by atoms with Crippen molar-refractivity contribution in [2.45, 2.75) is 26.2 Å². The molecule has 0 fully saturated rings. The van der Waals surface area contributed by atoms with E-state index in [-0.39, 0.29) is 5.97 Å². The van der Waals surface area contributed by atoms with Gasteiger partial charge in [-0.1, -0.05) is 0 Å². The van der Waals surface area contributed by atoms with Crippen molar-refractivity contribution in [1.82, 2.24) is 5.32 Å². The number of amidine groups is 1. The molecule has 0 radical (unpaired) electrons. The largest absolute Gasteiger partial charge is 0.466 e. The summed E-state index contributed by atoms with van der Waals surface area (Å²) in [5.41, 5.74) is 0. The first-order valence-corrected chi connectivity index (χ1v) is 4.75. The van der Waals surface area contributed by atoms with Crippen molar-refractivity contribution in [3.8, 4) is 0 Å². The smallest absolute Gasteiger partial charge is 0.307 e. The third kappa shape index (κ3) is 3.92. The fraction of sp³-hybridized carbons (Fsp3) is 0.778. The van der Waals surface area contributed by atoms with Crippen LogP contribution in [0.25, 0.3) is 0 Å². The second-order valence-electron chi connectivity index (χ2n) is 2.91. The quantitative estimate of drug-likeness (QED) is 0.655. The Labute approximate surface area is 78.4 Å². The minimum atomic E-state index is -0.145. The fourth-order valence-electron chi connectivity index (χ4n) is 1.23. The second-order valence-corrected chi connectivity index (χ2v) is 2.91. The minimum Gasteiger partial charge on any atom is -0.466 e. The van der Waals surface area contributed by atoms with Crippen LogP contribution in [0.3, 0.4) is 0 Å². The van der Waals surface area contributed by atoms with Crippen molar-refractivity contribution in [3.63, 3.8) is 0 Å². The monoisotopic (exact) mass is 184 g/mol. The van der Waals surface area contributed by atoms with Gasteiger partial charge in [0.15, 0.2) is 0 Å². The van der Waals surface area contributed by atoms with Gasteiger partial charge in [-0.15, -0.1) is 0 Å². The van der Waals surface area contributed by atoms with Crippen molar-refractivity contribution >= 4 is 11.8 Å². The van der Waals surface area contributed by atoms with Crippen LogP contribution in [-0.4, -0.2) is 31.5 Å². The lowest BCUT2D eigenvalue weighted by Crippen LogP contribution is -2.24. The van der Waals surface area contributed by atoms with E-state index in [1.165, 1.54) is 0 Å². The summed E-state index contributed by atoms with van der Waals surface area (Å²) in [6, 6.07) is 0. The predicted octanol–water partition coefficient (Wildman–Crippen LogP) is 0.721. The molecule has 0 saturated carbocycles. The fourth-order valence-corrected chi connectivity index (χ4v) is 1.23. The van der Waals surface area contributed by atoms with Gasteiger partial charge in [-0.25, -0.2) is 0 Å². The SMILES string of the molecule is CCOC(=O)CCNC1=NCCC1. The van der Waals surface area contributed by atoms with Crippen molar-refractivity contribution < 1.29 is 9.53 Å². The molecule has 0 aromatic carbocycles. The zero-order valence-electron chi connectivity index (χ0n) is 8.01. The van der Waals surface area contributed by atoms with Crippen LogP contribution in [0.4, 0.5) is 0 Å². The van der Waals surface area contributed by atoms with Crippen molar-refractivity contribution in [2.75, 3.05) is 19.7 Å². The Morgan fingerprint density at radius 2 is 2.54 bits per heavy atom. The number of aliphatic imine (C=N–C) groups is 1. The van der Waals surface area contributed by atoms with Gasteiger partial charge < -0.3 is 10.1 Å². The number of nitrogens with one attached hydrogen (secondary N) is 1. The molecule has 4 nitrogen and oxygen atoms in total. The molecular formula is C9H16N2O2. The molecule has 4 heteroatoms. The lowest BCUT2D eigenvalue weighted by Gasteiger charge is -2.04. The molecule has 1 aliphatic heterocycles. The Morgan fingerprint density at radius 1 is 1.69 bits per heavy atom. The van der Waals surface area contributed by atoms with E-state index >= 15 is 0 Å². The normalized spacial score (nSPS) is 15.3. The highest BCUT2D eigenvalue weighted by Crippen LogP contribution is 2.00. The molecule has 74 valence electrons. The van der Waals surface area contributed by atoms with E-state index in [1.54, 1.807) is 0 Å². The molecule has 0 atom stereocenters. The van der Waals surface area contributed by atoms with Gasteiger partial charge in [0.05, 0.1) is 18.9 Å². The maximum Gasteiger partial charge on any atom is 0.307 e. The molecule has 0 spiro atoms. The van der Waals surface area contributed by atoms with Gasteiger partial charge in [-0.05, 0) is 13.3 Å². The average molecular weight is 184 g/mol. The molecule has 0 amide bonds. The van der Waals surface area contributed by atoms with E-state index in [9.17, 15) is 4.79 Å². The van der Waals surface area contributed by atoms with Gasteiger partial charge in [0.25, 0.3) is 0 Å². The highest BCUT2D eigenvalue weighted by molar-refractivity contribution is 5.83. The summed E-state index contributed by atoms with van der Waals surface area (Å²) in [7, 11) is 0. The number of nitrogens with zero attached hydrogens (tertiary/aromatic N) is 1. The summed E-state index contributed by atoms with van der Waals surface area (Å²) in [6.07, 6.45) is 2.57. The molecule has 0 aromatic rings. The first-order valence-electron chi connectivity index (χ1n) is 4.75. The van der Waals surface area contributed by atoms with E-state index in [1.807, 2.05) is 6.92 Å². The zero-order valence-corrected chi connectivity index (χ0v) is 8.01. The molecule has 1 N–H and O–H groups in total. The lowest BCUT2D eigenvalue weighted by molar-refractivity contribution is -0.142. The number of ether oxygens (including phenoxy) is 1. The highest BCUT2D eigenvalue weighted by Gasteiger charge is 2.06. The van der Waals surface area contributed by atoms with Crippen LogP contribution in [0, 0.1) is 0 Å². The van der Waals surface area contributed by atoms with Gasteiger partial charge in [-0.3, -0.25) is 9.79 Å². The maximum absolute atomic E-state index is 10.9. The van der Waals surface area contributed by atoms with Gasteiger partial charge in [-0.2, -0.15) is 0 Å². The van der Waals surface area contributed by atoms with E-state index in [0.29, 0.717) is 19.6 Å². The summed E-state index contributed by atoms with van der Waals surface area (Å²) in [4.78, 5) is 15.1. The standard InChI is InChI=1S/C9H16N2O2/c1-2-13-9(12)5-7-11-8-4-3-6-10-8/h2-7H2,1H3,(H,10,11). The molecule has 0 bridgehead atoms. The molecule has 1 aliphatic rings. The van der Waals surface area contributed by atoms with E-state index < -0.39 is 0 Å². The third-order valence-electron chi connectivity index (χ3n) is 1.84. The topological polar surface area (TPSA) is 50.7 Å². The maximum atomic E-state index is 10.9. The van der Waals surface area contributed by atoms with Crippen molar-refractivity contribution in [2.24, 2.45) is 4.99 Å². The number of hydrogen-bond acceptors (Lipinski definition) is 4. The highest BCUT2D eigenvalue weighted by atomic mass is 16.5. The summed E-state index contributed by atoms with van der Waals surface area (Å²) in [5.74, 6) is 0.887. The molecule has 1 heterocycles. The number of carbonyl (C=O) groups excluding carboxylic acids is 1. The second kappa shape index (κ2) is 5.56. The Kier molecular flexibility index (Phi) is 4.29. The summed E-state index contributed by atoms with van der Waals surface area (Å²) < 4.78 is 4.79. The van der Waals surface area contributed by atoms with Gasteiger partial charge >= 0.3 is 5.97 Å². The Balaban J connectivity index is 2.03. The number of rotatable bonds is 4. The van der Waals surface area contributed by atoms with Crippen LogP contribution in [0.15, 0.2) is 4.99 Å². The minimum absolute atomic E-state index is 0.145. The Morgan fingerprint density at radius 3 is 3.15 bits per heavy atom. The van der Waals surface area contributed by atoms with Crippen LogP contribution in [-0.2, 0) is 9.53 Å². The number of esters is 1. The Bertz CT molecular complexity index is 202. The van der Waals surface area contributed by atoms with Crippen LogP contribution in [0.5, 0.6) is 0 Å². The van der Waals surface area contributed by atoms with E-state index in [4.69, 9.17) is 4.74 Å². The predicted molar refractivity (Wildman–Crippen MR) is 50.8 cm³/mol. The molecule has 0 unspecified atom stereocenters. The van der Waals surface area contributed by atoms with Gasteiger partial charge in [0.1, 0.15) is 0 Å². The molecule has 0 aliphatic carbocycles. The zero-order chi connectivity index (χ0) is 9.52. The Hall–Kier alpha value is -1.06. The third-order valence-corrected chi connectivity index (χ3v) is 1.84. The average Bonchev–Trinajstić information content (AvgIpc) is 2.57. The van der Waals surface area contributed by atoms with Crippen LogP contribution in [0.1, 0.15) is 26.2 Å². The first kappa shape index (κ1) is 10.0.